The fourth-order valence-corrected chi connectivity index (χ4v) is 2.22. The van der Waals surface area contributed by atoms with Gasteiger partial charge in [0, 0.05) is 13.0 Å². The van der Waals surface area contributed by atoms with Crippen LogP contribution in [0.4, 0.5) is 0 Å². The summed E-state index contributed by atoms with van der Waals surface area (Å²) in [4.78, 5) is 13.6. The van der Waals surface area contributed by atoms with Crippen molar-refractivity contribution >= 4 is 5.97 Å². The molecule has 4 nitrogen and oxygen atoms in total. The molecule has 0 atom stereocenters. The van der Waals surface area contributed by atoms with Crippen LogP contribution in [-0.4, -0.2) is 51.3 Å². The summed E-state index contributed by atoms with van der Waals surface area (Å²) < 4.78 is 10.5. The van der Waals surface area contributed by atoms with E-state index in [1.165, 1.54) is 44.9 Å². The maximum atomic E-state index is 11.5. The number of likely N-dealkylation sites (N-methyl/N-ethyl adjacent to an activating group) is 1. The highest BCUT2D eigenvalue weighted by atomic mass is 16.6. The van der Waals surface area contributed by atoms with Crippen LogP contribution in [-0.2, 0) is 14.3 Å². The zero-order valence-electron chi connectivity index (χ0n) is 15.1. The molecule has 0 aromatic rings. The Balaban J connectivity index is 3.16. The summed E-state index contributed by atoms with van der Waals surface area (Å²) >= 11 is 0. The van der Waals surface area contributed by atoms with Crippen molar-refractivity contribution in [1.29, 1.82) is 0 Å². The van der Waals surface area contributed by atoms with Crippen molar-refractivity contribution in [1.82, 2.24) is 4.90 Å². The summed E-state index contributed by atoms with van der Waals surface area (Å²) in [6, 6.07) is 0. The molecule has 0 aromatic heterocycles. The van der Waals surface area contributed by atoms with Crippen molar-refractivity contribution in [2.45, 2.75) is 71.1 Å². The van der Waals surface area contributed by atoms with Gasteiger partial charge in [-0.2, -0.15) is 0 Å². The van der Waals surface area contributed by atoms with Gasteiger partial charge in [-0.1, -0.05) is 58.3 Å². The molecule has 0 aliphatic heterocycles. The number of carbonyl (C=O) groups excluding carboxylic acids is 1. The van der Waals surface area contributed by atoms with Gasteiger partial charge in [-0.25, -0.2) is 0 Å². The second-order valence-corrected chi connectivity index (χ2v) is 6.21. The van der Waals surface area contributed by atoms with Gasteiger partial charge in [0.2, 0.25) is 0 Å². The van der Waals surface area contributed by atoms with Crippen LogP contribution in [0.5, 0.6) is 0 Å². The van der Waals surface area contributed by atoms with Crippen LogP contribution < -0.4 is 0 Å². The Morgan fingerprint density at radius 1 is 0.818 bits per heavy atom. The Bertz CT molecular complexity index is 244. The maximum Gasteiger partial charge on any atom is 0.305 e. The lowest BCUT2D eigenvalue weighted by atomic mass is 10.1. The highest BCUT2D eigenvalue weighted by Crippen LogP contribution is 2.10. The van der Waals surface area contributed by atoms with Crippen molar-refractivity contribution < 1.29 is 14.3 Å². The summed E-state index contributed by atoms with van der Waals surface area (Å²) in [5.41, 5.74) is 0. The molecule has 0 fully saturated rings. The molecule has 0 radical (unpaired) electrons. The predicted octanol–water partition coefficient (Wildman–Crippen LogP) is 4.03. The molecule has 0 heterocycles. The first kappa shape index (κ1) is 21.4. The Kier molecular flexibility index (Phi) is 16.3. The summed E-state index contributed by atoms with van der Waals surface area (Å²) in [6.45, 7) is 4.70. The SMILES string of the molecule is CCCCCCCCCCCC(=O)OCCOCCN(C)C. The molecule has 4 heteroatoms. The number of ether oxygens (including phenoxy) is 2. The zero-order chi connectivity index (χ0) is 16.5. The van der Waals surface area contributed by atoms with E-state index in [9.17, 15) is 4.79 Å². The third-order valence-corrected chi connectivity index (χ3v) is 3.66. The number of esters is 1. The van der Waals surface area contributed by atoms with E-state index in [-0.39, 0.29) is 5.97 Å². The van der Waals surface area contributed by atoms with Gasteiger partial charge in [0.15, 0.2) is 0 Å². The molecule has 0 aromatic carbocycles. The average molecular weight is 315 g/mol. The van der Waals surface area contributed by atoms with Crippen LogP contribution in [0.2, 0.25) is 0 Å². The molecule has 0 bridgehead atoms. The Hall–Kier alpha value is -0.610. The Morgan fingerprint density at radius 2 is 1.41 bits per heavy atom. The zero-order valence-corrected chi connectivity index (χ0v) is 15.1. The van der Waals surface area contributed by atoms with Crippen molar-refractivity contribution in [3.05, 3.63) is 0 Å². The van der Waals surface area contributed by atoms with Gasteiger partial charge in [-0.15, -0.1) is 0 Å². The summed E-state index contributed by atoms with van der Waals surface area (Å²) in [5.74, 6) is -0.0841. The van der Waals surface area contributed by atoms with E-state index < -0.39 is 0 Å². The largest absolute Gasteiger partial charge is 0.463 e. The first-order chi connectivity index (χ1) is 10.7. The van der Waals surface area contributed by atoms with Crippen LogP contribution in [0.15, 0.2) is 0 Å². The smallest absolute Gasteiger partial charge is 0.305 e. The lowest BCUT2D eigenvalue weighted by Crippen LogP contribution is -2.19. The molecule has 0 spiro atoms. The number of rotatable bonds is 16. The fraction of sp³-hybridized carbons (Fsp3) is 0.944. The van der Waals surface area contributed by atoms with E-state index in [4.69, 9.17) is 9.47 Å². The van der Waals surface area contributed by atoms with E-state index in [0.29, 0.717) is 26.2 Å². The van der Waals surface area contributed by atoms with Crippen molar-refractivity contribution in [3.8, 4) is 0 Å². The molecule has 0 aliphatic carbocycles. The monoisotopic (exact) mass is 315 g/mol. The number of hydrogen-bond donors (Lipinski definition) is 0. The number of unbranched alkanes of at least 4 members (excludes halogenated alkanes) is 8. The first-order valence-corrected chi connectivity index (χ1v) is 9.05. The van der Waals surface area contributed by atoms with Gasteiger partial charge in [0.05, 0.1) is 13.2 Å². The quantitative estimate of drug-likeness (QED) is 0.318. The van der Waals surface area contributed by atoms with Crippen molar-refractivity contribution in [2.75, 3.05) is 40.5 Å². The number of hydrogen-bond acceptors (Lipinski definition) is 4. The Labute approximate surface area is 137 Å². The highest BCUT2D eigenvalue weighted by molar-refractivity contribution is 5.69. The van der Waals surface area contributed by atoms with E-state index in [1.54, 1.807) is 0 Å². The third-order valence-electron chi connectivity index (χ3n) is 3.66. The molecule has 0 aliphatic rings. The lowest BCUT2D eigenvalue weighted by molar-refractivity contribution is -0.145. The fourth-order valence-electron chi connectivity index (χ4n) is 2.22. The predicted molar refractivity (Wildman–Crippen MR) is 92.2 cm³/mol. The Morgan fingerprint density at radius 3 is 2.00 bits per heavy atom. The minimum absolute atomic E-state index is 0.0841. The molecular weight excluding hydrogens is 278 g/mol. The molecule has 0 amide bonds. The number of nitrogens with zero attached hydrogens (tertiary/aromatic N) is 1. The summed E-state index contributed by atoms with van der Waals surface area (Å²) in [7, 11) is 4.02. The second-order valence-electron chi connectivity index (χ2n) is 6.21. The highest BCUT2D eigenvalue weighted by Gasteiger charge is 2.02. The standard InChI is InChI=1S/C18H37NO3/c1-4-5-6-7-8-9-10-11-12-13-18(20)22-17-16-21-15-14-19(2)3/h4-17H2,1-3H3. The average Bonchev–Trinajstić information content (AvgIpc) is 2.48. The van der Waals surface area contributed by atoms with E-state index in [2.05, 4.69) is 11.8 Å². The van der Waals surface area contributed by atoms with Gasteiger partial charge < -0.3 is 14.4 Å². The number of carbonyl (C=O) groups is 1. The van der Waals surface area contributed by atoms with E-state index in [1.807, 2.05) is 14.1 Å². The van der Waals surface area contributed by atoms with Gasteiger partial charge >= 0.3 is 5.97 Å². The van der Waals surface area contributed by atoms with Crippen molar-refractivity contribution in [3.63, 3.8) is 0 Å². The van der Waals surface area contributed by atoms with Gasteiger partial charge in [0.1, 0.15) is 6.61 Å². The second kappa shape index (κ2) is 16.8. The van der Waals surface area contributed by atoms with Crippen LogP contribution in [0.1, 0.15) is 71.1 Å². The topological polar surface area (TPSA) is 38.8 Å². The molecular formula is C18H37NO3. The van der Waals surface area contributed by atoms with Crippen LogP contribution >= 0.6 is 0 Å². The molecule has 0 saturated heterocycles. The first-order valence-electron chi connectivity index (χ1n) is 9.05. The van der Waals surface area contributed by atoms with Crippen LogP contribution in [0.25, 0.3) is 0 Å². The maximum absolute atomic E-state index is 11.5. The lowest BCUT2D eigenvalue weighted by Gasteiger charge is -2.10. The summed E-state index contributed by atoms with van der Waals surface area (Å²) in [5, 5.41) is 0. The van der Waals surface area contributed by atoms with E-state index >= 15 is 0 Å². The van der Waals surface area contributed by atoms with Crippen molar-refractivity contribution in [2.24, 2.45) is 0 Å². The molecule has 22 heavy (non-hydrogen) atoms. The summed E-state index contributed by atoms with van der Waals surface area (Å²) in [6.07, 6.45) is 11.9. The molecule has 0 saturated carbocycles. The minimum Gasteiger partial charge on any atom is -0.463 e. The molecule has 0 N–H and O–H groups in total. The molecule has 132 valence electrons. The van der Waals surface area contributed by atoms with Gasteiger partial charge in [0.25, 0.3) is 0 Å². The van der Waals surface area contributed by atoms with Crippen LogP contribution in [0.3, 0.4) is 0 Å². The minimum atomic E-state index is -0.0841. The van der Waals surface area contributed by atoms with Crippen LogP contribution in [0, 0.1) is 0 Å². The molecule has 0 rings (SSSR count). The van der Waals surface area contributed by atoms with E-state index in [0.717, 1.165) is 19.4 Å². The molecule has 0 unspecified atom stereocenters. The van der Waals surface area contributed by atoms with Gasteiger partial charge in [-0.05, 0) is 20.5 Å². The third kappa shape index (κ3) is 17.4. The normalized spacial score (nSPS) is 11.1. The van der Waals surface area contributed by atoms with Gasteiger partial charge in [-0.3, -0.25) is 4.79 Å².